The summed E-state index contributed by atoms with van der Waals surface area (Å²) in [6.07, 6.45) is 4.77. The van der Waals surface area contributed by atoms with Gasteiger partial charge in [0.05, 0.1) is 0 Å². The van der Waals surface area contributed by atoms with Crippen LogP contribution in [0.4, 0.5) is 5.69 Å². The van der Waals surface area contributed by atoms with Gasteiger partial charge in [-0.25, -0.2) is 0 Å². The van der Waals surface area contributed by atoms with Crippen molar-refractivity contribution in [1.29, 1.82) is 0 Å². The zero-order valence-electron chi connectivity index (χ0n) is 15.2. The zero-order chi connectivity index (χ0) is 17.5. The first-order valence-corrected chi connectivity index (χ1v) is 8.93. The van der Waals surface area contributed by atoms with Gasteiger partial charge in [0.2, 0.25) is 0 Å². The summed E-state index contributed by atoms with van der Waals surface area (Å²) in [4.78, 5) is 13.4. The summed E-state index contributed by atoms with van der Waals surface area (Å²) in [5.41, 5.74) is 3.89. The number of aliphatic imine (C=N–C) groups is 1. The van der Waals surface area contributed by atoms with Crippen LogP contribution in [0.3, 0.4) is 0 Å². The van der Waals surface area contributed by atoms with E-state index in [2.05, 4.69) is 68.4 Å². The summed E-state index contributed by atoms with van der Waals surface area (Å²) >= 11 is 0. The van der Waals surface area contributed by atoms with Crippen molar-refractivity contribution in [2.24, 2.45) is 4.99 Å². The van der Waals surface area contributed by atoms with Gasteiger partial charge in [0, 0.05) is 57.9 Å². The van der Waals surface area contributed by atoms with Crippen molar-refractivity contribution in [3.8, 4) is 0 Å². The Hall–Kier alpha value is -2.56. The highest BCUT2D eigenvalue weighted by Crippen LogP contribution is 2.15. The first-order valence-electron chi connectivity index (χ1n) is 8.93. The molecule has 1 N–H and O–H groups in total. The van der Waals surface area contributed by atoms with Gasteiger partial charge in [-0.15, -0.1) is 0 Å². The standard InChI is InChI=1S/C20H27N5/c1-17-16-22-10-8-18(17)9-11-23-20(21-2)25-14-12-24(13-15-25)19-6-4-3-5-7-19/h3-8,10,16H,9,11-15H2,1-2H3,(H,21,23). The molecule has 2 heterocycles. The van der Waals surface area contributed by atoms with E-state index in [0.717, 1.165) is 45.1 Å². The molecule has 1 aromatic heterocycles. The highest BCUT2D eigenvalue weighted by molar-refractivity contribution is 5.80. The van der Waals surface area contributed by atoms with E-state index in [9.17, 15) is 0 Å². The molecule has 5 heteroatoms. The van der Waals surface area contributed by atoms with E-state index < -0.39 is 0 Å². The maximum absolute atomic E-state index is 4.46. The highest BCUT2D eigenvalue weighted by Gasteiger charge is 2.19. The van der Waals surface area contributed by atoms with Gasteiger partial charge in [0.25, 0.3) is 0 Å². The van der Waals surface area contributed by atoms with Gasteiger partial charge in [-0.2, -0.15) is 0 Å². The molecule has 1 fully saturated rings. The number of nitrogens with zero attached hydrogens (tertiary/aromatic N) is 4. The van der Waals surface area contributed by atoms with Crippen molar-refractivity contribution in [2.75, 3.05) is 44.7 Å². The zero-order valence-corrected chi connectivity index (χ0v) is 15.2. The summed E-state index contributed by atoms with van der Waals surface area (Å²) < 4.78 is 0. The second kappa shape index (κ2) is 8.51. The lowest BCUT2D eigenvalue weighted by Gasteiger charge is -2.37. The van der Waals surface area contributed by atoms with Gasteiger partial charge in [0.15, 0.2) is 5.96 Å². The molecule has 0 unspecified atom stereocenters. The molecule has 25 heavy (non-hydrogen) atoms. The number of guanidine groups is 1. The van der Waals surface area contributed by atoms with Crippen molar-refractivity contribution in [2.45, 2.75) is 13.3 Å². The minimum Gasteiger partial charge on any atom is -0.368 e. The molecule has 0 bridgehead atoms. The number of para-hydroxylation sites is 1. The number of anilines is 1. The van der Waals surface area contributed by atoms with Gasteiger partial charge in [0.1, 0.15) is 0 Å². The summed E-state index contributed by atoms with van der Waals surface area (Å²) in [6, 6.07) is 12.7. The SMILES string of the molecule is CN=C(NCCc1ccncc1C)N1CCN(c2ccccc2)CC1. The largest absolute Gasteiger partial charge is 0.368 e. The van der Waals surface area contributed by atoms with Crippen molar-refractivity contribution < 1.29 is 0 Å². The minimum atomic E-state index is 0.885. The van der Waals surface area contributed by atoms with E-state index in [1.54, 1.807) is 0 Å². The smallest absolute Gasteiger partial charge is 0.193 e. The van der Waals surface area contributed by atoms with E-state index in [1.807, 2.05) is 19.4 Å². The molecule has 3 rings (SSSR count). The Kier molecular flexibility index (Phi) is 5.88. The quantitative estimate of drug-likeness (QED) is 0.687. The molecule has 2 aromatic rings. The fourth-order valence-electron chi connectivity index (χ4n) is 3.24. The lowest BCUT2D eigenvalue weighted by molar-refractivity contribution is 0.373. The topological polar surface area (TPSA) is 43.8 Å². The first-order chi connectivity index (χ1) is 12.3. The minimum absolute atomic E-state index is 0.885. The molecule has 0 spiro atoms. The number of hydrogen-bond acceptors (Lipinski definition) is 3. The number of pyridine rings is 1. The Morgan fingerprint density at radius 1 is 1.12 bits per heavy atom. The summed E-state index contributed by atoms with van der Waals surface area (Å²) in [7, 11) is 1.86. The molecule has 0 amide bonds. The van der Waals surface area contributed by atoms with Crippen LogP contribution in [0.5, 0.6) is 0 Å². The molecule has 1 aliphatic heterocycles. The average Bonchev–Trinajstić information content (AvgIpc) is 2.67. The third-order valence-electron chi connectivity index (χ3n) is 4.73. The molecule has 0 atom stereocenters. The van der Waals surface area contributed by atoms with E-state index in [0.29, 0.717) is 0 Å². The monoisotopic (exact) mass is 337 g/mol. The number of rotatable bonds is 4. The molecule has 1 saturated heterocycles. The molecule has 0 aliphatic carbocycles. The third-order valence-corrected chi connectivity index (χ3v) is 4.73. The predicted octanol–water partition coefficient (Wildman–Crippen LogP) is 2.33. The number of aryl methyl sites for hydroxylation is 1. The van der Waals surface area contributed by atoms with Crippen molar-refractivity contribution in [3.63, 3.8) is 0 Å². The maximum Gasteiger partial charge on any atom is 0.193 e. The number of benzene rings is 1. The van der Waals surface area contributed by atoms with Crippen LogP contribution in [-0.2, 0) is 6.42 Å². The summed E-state index contributed by atoms with van der Waals surface area (Å²) in [6.45, 7) is 7.02. The second-order valence-corrected chi connectivity index (χ2v) is 6.34. The van der Waals surface area contributed by atoms with Crippen LogP contribution >= 0.6 is 0 Å². The third kappa shape index (κ3) is 4.50. The lowest BCUT2D eigenvalue weighted by atomic mass is 10.1. The van der Waals surface area contributed by atoms with E-state index >= 15 is 0 Å². The van der Waals surface area contributed by atoms with Crippen LogP contribution in [0.1, 0.15) is 11.1 Å². The fraction of sp³-hybridized carbons (Fsp3) is 0.400. The van der Waals surface area contributed by atoms with Crippen LogP contribution in [0.25, 0.3) is 0 Å². The van der Waals surface area contributed by atoms with Crippen molar-refractivity contribution >= 4 is 11.6 Å². The van der Waals surface area contributed by atoms with Crippen molar-refractivity contribution in [1.82, 2.24) is 15.2 Å². The molecular formula is C20H27N5. The molecule has 5 nitrogen and oxygen atoms in total. The van der Waals surface area contributed by atoms with E-state index in [1.165, 1.54) is 16.8 Å². The molecule has 132 valence electrons. The van der Waals surface area contributed by atoms with Gasteiger partial charge in [-0.1, -0.05) is 18.2 Å². The number of aromatic nitrogens is 1. The Bertz CT molecular complexity index is 690. The highest BCUT2D eigenvalue weighted by atomic mass is 15.3. The number of nitrogens with one attached hydrogen (secondary N) is 1. The first kappa shape index (κ1) is 17.3. The lowest BCUT2D eigenvalue weighted by Crippen LogP contribution is -2.52. The Labute approximate surface area is 150 Å². The van der Waals surface area contributed by atoms with Gasteiger partial charge in [-0.3, -0.25) is 9.98 Å². The van der Waals surface area contributed by atoms with Crippen LogP contribution in [0, 0.1) is 6.92 Å². The molecular weight excluding hydrogens is 310 g/mol. The van der Waals surface area contributed by atoms with Crippen LogP contribution in [0.2, 0.25) is 0 Å². The van der Waals surface area contributed by atoms with Crippen LogP contribution in [-0.4, -0.2) is 55.6 Å². The Morgan fingerprint density at radius 3 is 2.56 bits per heavy atom. The number of hydrogen-bond donors (Lipinski definition) is 1. The van der Waals surface area contributed by atoms with Gasteiger partial charge >= 0.3 is 0 Å². The van der Waals surface area contributed by atoms with Crippen molar-refractivity contribution in [3.05, 3.63) is 59.9 Å². The fourth-order valence-corrected chi connectivity index (χ4v) is 3.24. The second-order valence-electron chi connectivity index (χ2n) is 6.34. The molecule has 0 saturated carbocycles. The normalized spacial score (nSPS) is 15.4. The van der Waals surface area contributed by atoms with Gasteiger partial charge in [-0.05, 0) is 42.7 Å². The predicted molar refractivity (Wildman–Crippen MR) is 104 cm³/mol. The Balaban J connectivity index is 1.49. The van der Waals surface area contributed by atoms with Gasteiger partial charge < -0.3 is 15.1 Å². The molecule has 1 aliphatic rings. The summed E-state index contributed by atoms with van der Waals surface area (Å²) in [5.74, 6) is 0.999. The van der Waals surface area contributed by atoms with E-state index in [4.69, 9.17) is 0 Å². The summed E-state index contributed by atoms with van der Waals surface area (Å²) in [5, 5.41) is 3.51. The van der Waals surface area contributed by atoms with Crippen LogP contribution in [0.15, 0.2) is 53.8 Å². The number of piperazine rings is 1. The maximum atomic E-state index is 4.46. The molecule has 1 aromatic carbocycles. The Morgan fingerprint density at radius 2 is 1.88 bits per heavy atom. The average molecular weight is 337 g/mol. The van der Waals surface area contributed by atoms with E-state index in [-0.39, 0.29) is 0 Å². The van der Waals surface area contributed by atoms with Crippen LogP contribution < -0.4 is 10.2 Å². The molecule has 0 radical (unpaired) electrons.